The summed E-state index contributed by atoms with van der Waals surface area (Å²) < 4.78 is 0. The minimum Gasteiger partial charge on any atom is -0.303 e. The molecule has 5 heteroatoms. The highest BCUT2D eigenvalue weighted by Gasteiger charge is 2.05. The Kier molecular flexibility index (Phi) is 3.38. The third kappa shape index (κ3) is 3.05. The van der Waals surface area contributed by atoms with Crippen LogP contribution in [-0.4, -0.2) is 29.7 Å². The lowest BCUT2D eigenvalue weighted by Crippen LogP contribution is -2.07. The molecular formula is C10H13N3O2. The van der Waals surface area contributed by atoms with Crippen molar-refractivity contribution in [2.24, 2.45) is 5.10 Å². The average molecular weight is 207 g/mol. The quantitative estimate of drug-likeness (QED) is 0.432. The monoisotopic (exact) mass is 207 g/mol. The molecule has 0 unspecified atom stereocenters. The van der Waals surface area contributed by atoms with Crippen molar-refractivity contribution in [1.82, 2.24) is 5.01 Å². The Hall–Kier alpha value is -1.91. The van der Waals surface area contributed by atoms with E-state index in [0.717, 1.165) is 11.3 Å². The molecule has 80 valence electrons. The second-order valence-corrected chi connectivity index (χ2v) is 3.34. The van der Waals surface area contributed by atoms with Crippen LogP contribution in [-0.2, 0) is 0 Å². The highest BCUT2D eigenvalue weighted by atomic mass is 16.6. The molecule has 1 rings (SSSR count). The van der Waals surface area contributed by atoms with Crippen molar-refractivity contribution in [2.75, 3.05) is 14.1 Å². The lowest BCUT2D eigenvalue weighted by Gasteiger charge is -2.06. The van der Waals surface area contributed by atoms with Gasteiger partial charge in [-0.05, 0) is 24.6 Å². The lowest BCUT2D eigenvalue weighted by molar-refractivity contribution is -0.384. The van der Waals surface area contributed by atoms with Crippen LogP contribution >= 0.6 is 0 Å². The summed E-state index contributed by atoms with van der Waals surface area (Å²) in [7, 11) is 3.66. The second-order valence-electron chi connectivity index (χ2n) is 3.34. The Labute approximate surface area is 88.2 Å². The Bertz CT molecular complexity index is 382. The van der Waals surface area contributed by atoms with E-state index >= 15 is 0 Å². The third-order valence-electron chi connectivity index (χ3n) is 1.85. The number of hydrazone groups is 1. The van der Waals surface area contributed by atoms with Crippen molar-refractivity contribution in [3.63, 3.8) is 0 Å². The van der Waals surface area contributed by atoms with Crippen molar-refractivity contribution >= 4 is 11.4 Å². The van der Waals surface area contributed by atoms with Crippen molar-refractivity contribution < 1.29 is 4.92 Å². The number of nitrogens with zero attached hydrogens (tertiary/aromatic N) is 3. The van der Waals surface area contributed by atoms with Gasteiger partial charge in [0.15, 0.2) is 0 Å². The summed E-state index contributed by atoms with van der Waals surface area (Å²) >= 11 is 0. The molecule has 1 aromatic rings. The van der Waals surface area contributed by atoms with Crippen molar-refractivity contribution in [2.45, 2.75) is 6.92 Å². The fourth-order valence-corrected chi connectivity index (χ4v) is 1.18. The van der Waals surface area contributed by atoms with Crippen LogP contribution < -0.4 is 0 Å². The molecule has 0 N–H and O–H groups in total. The van der Waals surface area contributed by atoms with Gasteiger partial charge >= 0.3 is 0 Å². The van der Waals surface area contributed by atoms with Crippen LogP contribution in [0, 0.1) is 10.1 Å². The summed E-state index contributed by atoms with van der Waals surface area (Å²) in [5.74, 6) is 0. The van der Waals surface area contributed by atoms with Crippen LogP contribution in [0.1, 0.15) is 12.5 Å². The van der Waals surface area contributed by atoms with Crippen molar-refractivity contribution in [1.29, 1.82) is 0 Å². The van der Waals surface area contributed by atoms with Gasteiger partial charge in [0.1, 0.15) is 0 Å². The molecule has 0 aliphatic carbocycles. The Morgan fingerprint density at radius 3 is 2.27 bits per heavy atom. The summed E-state index contributed by atoms with van der Waals surface area (Å²) in [5.41, 5.74) is 1.81. The minimum absolute atomic E-state index is 0.0939. The summed E-state index contributed by atoms with van der Waals surface area (Å²) in [5, 5.41) is 16.3. The van der Waals surface area contributed by atoms with E-state index in [1.165, 1.54) is 12.1 Å². The first kappa shape index (κ1) is 11.2. The molecule has 0 saturated heterocycles. The summed E-state index contributed by atoms with van der Waals surface area (Å²) in [6.45, 7) is 1.86. The van der Waals surface area contributed by atoms with Gasteiger partial charge in [-0.2, -0.15) is 5.10 Å². The van der Waals surface area contributed by atoms with Crippen LogP contribution in [0.4, 0.5) is 5.69 Å². The molecule has 0 fully saturated rings. The summed E-state index contributed by atoms with van der Waals surface area (Å²) in [4.78, 5) is 10.0. The number of rotatable bonds is 3. The topological polar surface area (TPSA) is 58.7 Å². The molecule has 1 aromatic carbocycles. The fourth-order valence-electron chi connectivity index (χ4n) is 1.18. The predicted octanol–water partition coefficient (Wildman–Crippen LogP) is 1.88. The number of hydrogen-bond donors (Lipinski definition) is 0. The first-order chi connectivity index (χ1) is 7.00. The third-order valence-corrected chi connectivity index (χ3v) is 1.85. The van der Waals surface area contributed by atoms with E-state index in [4.69, 9.17) is 0 Å². The summed E-state index contributed by atoms with van der Waals surface area (Å²) in [6, 6.07) is 6.34. The highest BCUT2D eigenvalue weighted by Crippen LogP contribution is 2.12. The molecule has 0 atom stereocenters. The normalized spacial score (nSPS) is 11.3. The smallest absolute Gasteiger partial charge is 0.269 e. The Morgan fingerprint density at radius 2 is 1.87 bits per heavy atom. The molecule has 0 amide bonds. The zero-order chi connectivity index (χ0) is 11.4. The van der Waals surface area contributed by atoms with E-state index in [9.17, 15) is 10.1 Å². The fraction of sp³-hybridized carbons (Fsp3) is 0.300. The van der Waals surface area contributed by atoms with Gasteiger partial charge < -0.3 is 5.01 Å². The highest BCUT2D eigenvalue weighted by molar-refractivity contribution is 5.98. The average Bonchev–Trinajstić information content (AvgIpc) is 2.17. The Balaban J connectivity index is 2.94. The molecule has 0 bridgehead atoms. The van der Waals surface area contributed by atoms with E-state index < -0.39 is 4.92 Å². The molecule has 0 aromatic heterocycles. The minimum atomic E-state index is -0.414. The first-order valence-corrected chi connectivity index (χ1v) is 4.48. The van der Waals surface area contributed by atoms with Gasteiger partial charge in [0.25, 0.3) is 5.69 Å². The summed E-state index contributed by atoms with van der Waals surface area (Å²) in [6.07, 6.45) is 0. The molecule has 5 nitrogen and oxygen atoms in total. The van der Waals surface area contributed by atoms with E-state index in [2.05, 4.69) is 5.10 Å². The molecule has 0 heterocycles. The molecule has 0 spiro atoms. The molecule has 0 saturated carbocycles. The van der Waals surface area contributed by atoms with Gasteiger partial charge in [-0.3, -0.25) is 10.1 Å². The predicted molar refractivity (Wildman–Crippen MR) is 59.0 cm³/mol. The van der Waals surface area contributed by atoms with Crippen LogP contribution in [0.3, 0.4) is 0 Å². The largest absolute Gasteiger partial charge is 0.303 e. The first-order valence-electron chi connectivity index (χ1n) is 4.48. The number of non-ortho nitro benzene ring substituents is 1. The van der Waals surface area contributed by atoms with Crippen molar-refractivity contribution in [3.05, 3.63) is 39.9 Å². The van der Waals surface area contributed by atoms with Gasteiger partial charge in [-0.25, -0.2) is 0 Å². The van der Waals surface area contributed by atoms with Gasteiger partial charge in [-0.1, -0.05) is 0 Å². The zero-order valence-corrected chi connectivity index (χ0v) is 8.97. The van der Waals surface area contributed by atoms with E-state index in [-0.39, 0.29) is 5.69 Å². The standard InChI is InChI=1S/C10H13N3O2/c1-8(11-12(2)3)9-4-6-10(7-5-9)13(14)15/h4-7H,1-3H3/b11-8-. The molecule has 0 aliphatic heterocycles. The van der Waals surface area contributed by atoms with Crippen LogP contribution in [0.5, 0.6) is 0 Å². The lowest BCUT2D eigenvalue weighted by atomic mass is 10.1. The number of nitro groups is 1. The van der Waals surface area contributed by atoms with Gasteiger partial charge in [0.05, 0.1) is 10.6 Å². The van der Waals surface area contributed by atoms with Crippen LogP contribution in [0.15, 0.2) is 29.4 Å². The van der Waals surface area contributed by atoms with Gasteiger partial charge in [0.2, 0.25) is 0 Å². The molecular weight excluding hydrogens is 194 g/mol. The van der Waals surface area contributed by atoms with Crippen LogP contribution in [0.2, 0.25) is 0 Å². The molecule has 0 aliphatic rings. The number of nitro benzene ring substituents is 1. The van der Waals surface area contributed by atoms with Crippen LogP contribution in [0.25, 0.3) is 0 Å². The van der Waals surface area contributed by atoms with Gasteiger partial charge in [-0.15, -0.1) is 0 Å². The van der Waals surface area contributed by atoms with Gasteiger partial charge in [0, 0.05) is 26.2 Å². The second kappa shape index (κ2) is 4.54. The molecule has 0 radical (unpaired) electrons. The molecule has 15 heavy (non-hydrogen) atoms. The maximum atomic E-state index is 10.4. The zero-order valence-electron chi connectivity index (χ0n) is 8.97. The maximum Gasteiger partial charge on any atom is 0.269 e. The van der Waals surface area contributed by atoms with E-state index in [0.29, 0.717) is 0 Å². The van der Waals surface area contributed by atoms with E-state index in [1.807, 2.05) is 21.0 Å². The SMILES string of the molecule is C/C(=N/N(C)C)c1ccc([N+](=O)[O-])cc1. The number of benzene rings is 1. The Morgan fingerprint density at radius 1 is 1.33 bits per heavy atom. The van der Waals surface area contributed by atoms with E-state index in [1.54, 1.807) is 17.1 Å². The maximum absolute atomic E-state index is 10.4. The van der Waals surface area contributed by atoms with Crippen molar-refractivity contribution in [3.8, 4) is 0 Å². The number of hydrogen-bond acceptors (Lipinski definition) is 4.